The number of nitrogens with one attached hydrogen (secondary N) is 2. The van der Waals surface area contributed by atoms with Crippen molar-refractivity contribution in [1.82, 2.24) is 10.2 Å². The maximum absolute atomic E-state index is 14.2. The number of hydrogen-bond acceptors (Lipinski definition) is 2. The summed E-state index contributed by atoms with van der Waals surface area (Å²) in [5.74, 6) is -1.46. The van der Waals surface area contributed by atoms with Gasteiger partial charge in [0, 0.05) is 30.9 Å². The van der Waals surface area contributed by atoms with E-state index >= 15 is 0 Å². The van der Waals surface area contributed by atoms with Crippen molar-refractivity contribution in [1.29, 1.82) is 0 Å². The van der Waals surface area contributed by atoms with Crippen molar-refractivity contribution >= 4 is 17.6 Å². The predicted octanol–water partition coefficient (Wildman–Crippen LogP) is 4.18. The number of amides is 3. The molecule has 2 N–H and O–H groups in total. The molecule has 0 aromatic heterocycles. The minimum absolute atomic E-state index is 0.0977. The molecule has 1 aliphatic rings. The first-order chi connectivity index (χ1) is 13.2. The maximum atomic E-state index is 14.2. The Morgan fingerprint density at radius 3 is 2.21 bits per heavy atom. The van der Waals surface area contributed by atoms with Crippen molar-refractivity contribution in [3.05, 3.63) is 64.7 Å². The summed E-state index contributed by atoms with van der Waals surface area (Å²) in [6, 6.07) is 8.11. The molecule has 0 radical (unpaired) electrons. The lowest BCUT2D eigenvalue weighted by Crippen LogP contribution is -2.53. The van der Waals surface area contributed by atoms with Gasteiger partial charge in [0.25, 0.3) is 5.91 Å². The van der Waals surface area contributed by atoms with Crippen molar-refractivity contribution in [2.45, 2.75) is 31.7 Å². The van der Waals surface area contributed by atoms with Crippen LogP contribution in [0.15, 0.2) is 36.4 Å². The van der Waals surface area contributed by atoms with Crippen molar-refractivity contribution in [3.63, 3.8) is 0 Å². The van der Waals surface area contributed by atoms with E-state index < -0.39 is 23.2 Å². The average Bonchev–Trinajstić information content (AvgIpc) is 2.58. The monoisotopic (exact) mass is 387 g/mol. The smallest absolute Gasteiger partial charge is 0.319 e. The second-order valence-electron chi connectivity index (χ2n) is 7.34. The fraction of sp³-hybridized carbons (Fsp3) is 0.333. The van der Waals surface area contributed by atoms with Crippen LogP contribution in [0.1, 0.15) is 40.7 Å². The van der Waals surface area contributed by atoms with Gasteiger partial charge in [-0.3, -0.25) is 4.79 Å². The summed E-state index contributed by atoms with van der Waals surface area (Å²) in [5, 5.41) is 5.44. The fourth-order valence-corrected chi connectivity index (χ4v) is 3.52. The normalized spacial score (nSPS) is 14.8. The van der Waals surface area contributed by atoms with Gasteiger partial charge in [-0.25, -0.2) is 13.6 Å². The number of rotatable bonds is 4. The summed E-state index contributed by atoms with van der Waals surface area (Å²) in [5.41, 5.74) is 0.609. The van der Waals surface area contributed by atoms with Crippen molar-refractivity contribution in [2.75, 3.05) is 19.4 Å². The number of carbonyl (C=O) groups excluding carboxylic acids is 2. The summed E-state index contributed by atoms with van der Waals surface area (Å²) >= 11 is 0. The van der Waals surface area contributed by atoms with Crippen LogP contribution in [0.2, 0.25) is 0 Å². The van der Waals surface area contributed by atoms with Gasteiger partial charge in [-0.2, -0.15) is 0 Å². The van der Waals surface area contributed by atoms with E-state index in [2.05, 4.69) is 10.6 Å². The minimum Gasteiger partial charge on any atom is -0.345 e. The lowest BCUT2D eigenvalue weighted by molar-refractivity contribution is 0.0827. The highest BCUT2D eigenvalue weighted by Crippen LogP contribution is 2.43. The van der Waals surface area contributed by atoms with Gasteiger partial charge in [-0.15, -0.1) is 0 Å². The lowest BCUT2D eigenvalue weighted by Gasteiger charge is -2.43. The topological polar surface area (TPSA) is 61.4 Å². The van der Waals surface area contributed by atoms with Gasteiger partial charge in [0.1, 0.15) is 11.6 Å². The molecule has 7 heteroatoms. The first-order valence-corrected chi connectivity index (χ1v) is 9.09. The van der Waals surface area contributed by atoms with Crippen LogP contribution < -0.4 is 10.6 Å². The zero-order valence-electron chi connectivity index (χ0n) is 16.1. The molecule has 1 aliphatic carbocycles. The van der Waals surface area contributed by atoms with E-state index in [0.29, 0.717) is 24.1 Å². The number of urea groups is 1. The third-order valence-corrected chi connectivity index (χ3v) is 5.12. The molecule has 0 atom stereocenters. The summed E-state index contributed by atoms with van der Waals surface area (Å²) in [4.78, 5) is 26.1. The van der Waals surface area contributed by atoms with Crippen LogP contribution in [-0.2, 0) is 5.54 Å². The predicted molar refractivity (Wildman–Crippen MR) is 103 cm³/mol. The molecule has 2 aromatic rings. The second-order valence-corrected chi connectivity index (χ2v) is 7.34. The van der Waals surface area contributed by atoms with Crippen LogP contribution in [0, 0.1) is 18.6 Å². The molecule has 2 aromatic carbocycles. The SMILES string of the molecule is Cc1cc(NC(=O)NC2(c3c(F)cccc3F)CCC2)ccc1C(=O)N(C)C. The van der Waals surface area contributed by atoms with Gasteiger partial charge in [0.2, 0.25) is 0 Å². The summed E-state index contributed by atoms with van der Waals surface area (Å²) in [6.07, 6.45) is 1.70. The van der Waals surface area contributed by atoms with Crippen molar-refractivity contribution in [3.8, 4) is 0 Å². The molecule has 1 saturated carbocycles. The number of carbonyl (C=O) groups is 2. The van der Waals surface area contributed by atoms with E-state index in [0.717, 1.165) is 12.0 Å². The zero-order valence-corrected chi connectivity index (χ0v) is 16.1. The van der Waals surface area contributed by atoms with Gasteiger partial charge >= 0.3 is 6.03 Å². The molecule has 3 amide bonds. The Hall–Kier alpha value is -2.96. The van der Waals surface area contributed by atoms with E-state index in [4.69, 9.17) is 0 Å². The molecular weight excluding hydrogens is 364 g/mol. The Balaban J connectivity index is 1.77. The van der Waals surface area contributed by atoms with Crippen LogP contribution in [0.4, 0.5) is 19.3 Å². The van der Waals surface area contributed by atoms with Crippen LogP contribution in [0.25, 0.3) is 0 Å². The largest absolute Gasteiger partial charge is 0.345 e. The quantitative estimate of drug-likeness (QED) is 0.827. The standard InChI is InChI=1S/C21H23F2N3O2/c1-13-12-14(8-9-15(13)19(27)26(2)3)24-20(28)25-21(10-5-11-21)18-16(22)6-4-7-17(18)23/h4,6-9,12H,5,10-11H2,1-3H3,(H2,24,25,28). The number of benzene rings is 2. The number of halogens is 2. The molecular formula is C21H23F2N3O2. The number of anilines is 1. The van der Waals surface area contributed by atoms with Gasteiger partial charge in [-0.1, -0.05) is 6.07 Å². The zero-order chi connectivity index (χ0) is 20.5. The lowest BCUT2D eigenvalue weighted by atomic mass is 9.71. The fourth-order valence-electron chi connectivity index (χ4n) is 3.52. The molecule has 0 heterocycles. The van der Waals surface area contributed by atoms with Crippen LogP contribution in [0.3, 0.4) is 0 Å². The Bertz CT molecular complexity index is 904. The molecule has 148 valence electrons. The molecule has 0 saturated heterocycles. The van der Waals surface area contributed by atoms with Crippen molar-refractivity contribution < 1.29 is 18.4 Å². The number of hydrogen-bond donors (Lipinski definition) is 2. The molecule has 0 bridgehead atoms. The minimum atomic E-state index is -1.05. The molecule has 0 spiro atoms. The van der Waals surface area contributed by atoms with Crippen LogP contribution in [-0.4, -0.2) is 30.9 Å². The van der Waals surface area contributed by atoms with Gasteiger partial charge in [-0.05, 0) is 62.1 Å². The Morgan fingerprint density at radius 1 is 1.07 bits per heavy atom. The first kappa shape index (κ1) is 19.8. The van der Waals surface area contributed by atoms with E-state index in [-0.39, 0.29) is 11.5 Å². The van der Waals surface area contributed by atoms with Crippen LogP contribution in [0.5, 0.6) is 0 Å². The average molecular weight is 387 g/mol. The molecule has 5 nitrogen and oxygen atoms in total. The Labute approximate surface area is 162 Å². The summed E-state index contributed by atoms with van der Waals surface area (Å²) in [6.45, 7) is 1.78. The van der Waals surface area contributed by atoms with E-state index in [1.165, 1.54) is 23.1 Å². The third kappa shape index (κ3) is 3.69. The molecule has 28 heavy (non-hydrogen) atoms. The van der Waals surface area contributed by atoms with Gasteiger partial charge < -0.3 is 15.5 Å². The van der Waals surface area contributed by atoms with E-state index in [9.17, 15) is 18.4 Å². The Morgan fingerprint density at radius 2 is 1.71 bits per heavy atom. The van der Waals surface area contributed by atoms with Crippen LogP contribution >= 0.6 is 0 Å². The van der Waals surface area contributed by atoms with Crippen molar-refractivity contribution in [2.24, 2.45) is 0 Å². The molecule has 1 fully saturated rings. The second kappa shape index (κ2) is 7.58. The number of aryl methyl sites for hydroxylation is 1. The summed E-state index contributed by atoms with van der Waals surface area (Å²) < 4.78 is 28.5. The molecule has 3 rings (SSSR count). The highest BCUT2D eigenvalue weighted by atomic mass is 19.1. The molecule has 0 unspecified atom stereocenters. The third-order valence-electron chi connectivity index (χ3n) is 5.12. The maximum Gasteiger partial charge on any atom is 0.319 e. The van der Waals surface area contributed by atoms with Gasteiger partial charge in [0.05, 0.1) is 5.54 Å². The Kier molecular flexibility index (Phi) is 5.36. The summed E-state index contributed by atoms with van der Waals surface area (Å²) in [7, 11) is 3.34. The number of nitrogens with zero attached hydrogens (tertiary/aromatic N) is 1. The highest BCUT2D eigenvalue weighted by molar-refractivity contribution is 5.96. The van der Waals surface area contributed by atoms with Gasteiger partial charge in [0.15, 0.2) is 0 Å². The molecule has 0 aliphatic heterocycles. The van der Waals surface area contributed by atoms with E-state index in [1.807, 2.05) is 0 Å². The highest BCUT2D eigenvalue weighted by Gasteiger charge is 2.44. The first-order valence-electron chi connectivity index (χ1n) is 9.09. The van der Waals surface area contributed by atoms with E-state index in [1.54, 1.807) is 39.2 Å².